The Morgan fingerprint density at radius 2 is 2.27 bits per heavy atom. The van der Waals surface area contributed by atoms with Crippen LogP contribution in [0.5, 0.6) is 0 Å². The number of carbonyl (C=O) groups is 1. The van der Waals surface area contributed by atoms with Gasteiger partial charge in [0.1, 0.15) is 0 Å². The van der Waals surface area contributed by atoms with E-state index >= 15 is 0 Å². The van der Waals surface area contributed by atoms with Crippen LogP contribution >= 0.6 is 12.8 Å². The van der Waals surface area contributed by atoms with Crippen molar-refractivity contribution >= 4 is 18.7 Å². The predicted octanol–water partition coefficient (Wildman–Crippen LogP) is 1.01. The lowest BCUT2D eigenvalue weighted by atomic mass is 9.98. The first-order chi connectivity index (χ1) is 7.20. The van der Waals surface area contributed by atoms with Crippen molar-refractivity contribution in [1.82, 2.24) is 9.79 Å². The highest BCUT2D eigenvalue weighted by Crippen LogP contribution is 2.21. The second-order valence-corrected chi connectivity index (χ2v) is 4.13. The second kappa shape index (κ2) is 4.22. The van der Waals surface area contributed by atoms with E-state index in [0.29, 0.717) is 5.56 Å². The quantitative estimate of drug-likeness (QED) is 0.379. The molecular weight excluding hydrogens is 212 g/mol. The van der Waals surface area contributed by atoms with Crippen molar-refractivity contribution in [3.05, 3.63) is 34.9 Å². The number of carbonyl (C=O) groups excluding carboxylic acids is 1. The van der Waals surface area contributed by atoms with E-state index in [1.807, 2.05) is 16.4 Å². The maximum atomic E-state index is 11.2. The topological polar surface area (TPSA) is 52.6 Å². The Kier molecular flexibility index (Phi) is 2.95. The van der Waals surface area contributed by atoms with Crippen LogP contribution in [0.4, 0.5) is 0 Å². The third-order valence-corrected chi connectivity index (χ3v) is 2.90. The summed E-state index contributed by atoms with van der Waals surface area (Å²) in [6.07, 6.45) is 0.880. The van der Waals surface area contributed by atoms with Crippen LogP contribution in [0.15, 0.2) is 18.2 Å². The molecule has 4 nitrogen and oxygen atoms in total. The number of hydrogen-bond acceptors (Lipinski definition) is 4. The van der Waals surface area contributed by atoms with Crippen LogP contribution in [-0.2, 0) is 13.0 Å². The molecule has 0 saturated heterocycles. The van der Waals surface area contributed by atoms with Crippen molar-refractivity contribution in [3.63, 3.8) is 0 Å². The van der Waals surface area contributed by atoms with E-state index in [4.69, 9.17) is 5.21 Å². The number of hydroxylamine groups is 1. The lowest BCUT2D eigenvalue weighted by molar-refractivity contribution is 0.0706. The van der Waals surface area contributed by atoms with E-state index in [9.17, 15) is 4.79 Å². The summed E-state index contributed by atoms with van der Waals surface area (Å²) in [7, 11) is 0. The molecule has 0 atom stereocenters. The van der Waals surface area contributed by atoms with Gasteiger partial charge in [0.2, 0.25) is 0 Å². The van der Waals surface area contributed by atoms with Gasteiger partial charge in [-0.25, -0.2) is 9.79 Å². The van der Waals surface area contributed by atoms with Gasteiger partial charge in [-0.15, -0.1) is 0 Å². The summed E-state index contributed by atoms with van der Waals surface area (Å²) in [6.45, 7) is 1.67. The van der Waals surface area contributed by atoms with Gasteiger partial charge in [-0.05, 0) is 29.7 Å². The van der Waals surface area contributed by atoms with E-state index < -0.39 is 5.91 Å². The van der Waals surface area contributed by atoms with Crippen LogP contribution < -0.4 is 5.48 Å². The minimum absolute atomic E-state index is 0.467. The van der Waals surface area contributed by atoms with E-state index in [-0.39, 0.29) is 0 Å². The van der Waals surface area contributed by atoms with Crippen LogP contribution in [0.2, 0.25) is 0 Å². The van der Waals surface area contributed by atoms with Crippen molar-refractivity contribution in [2.75, 3.05) is 6.54 Å². The van der Waals surface area contributed by atoms with E-state index in [2.05, 4.69) is 12.8 Å². The average molecular weight is 224 g/mol. The number of nitrogens with zero attached hydrogens (tertiary/aromatic N) is 1. The largest absolute Gasteiger partial charge is 0.288 e. The number of fused-ring (bicyclic) bond motifs is 1. The van der Waals surface area contributed by atoms with Gasteiger partial charge >= 0.3 is 0 Å². The summed E-state index contributed by atoms with van der Waals surface area (Å²) in [6, 6.07) is 5.43. The molecule has 0 aliphatic carbocycles. The zero-order valence-corrected chi connectivity index (χ0v) is 9.00. The molecule has 0 bridgehead atoms. The summed E-state index contributed by atoms with van der Waals surface area (Å²) in [5.74, 6) is -0.467. The van der Waals surface area contributed by atoms with Crippen molar-refractivity contribution < 1.29 is 10.0 Å². The van der Waals surface area contributed by atoms with Gasteiger partial charge in [0.05, 0.1) is 0 Å². The molecule has 5 heteroatoms. The predicted molar refractivity (Wildman–Crippen MR) is 58.8 cm³/mol. The number of amides is 1. The van der Waals surface area contributed by atoms with Crippen LogP contribution in [-0.4, -0.2) is 22.0 Å². The minimum Gasteiger partial charge on any atom is -0.288 e. The fourth-order valence-corrected chi connectivity index (χ4v) is 2.00. The number of thiol groups is 1. The van der Waals surface area contributed by atoms with Crippen LogP contribution in [0.1, 0.15) is 21.5 Å². The first kappa shape index (κ1) is 10.5. The van der Waals surface area contributed by atoms with Gasteiger partial charge in [-0.3, -0.25) is 10.0 Å². The molecule has 80 valence electrons. The molecule has 1 heterocycles. The first-order valence-corrected chi connectivity index (χ1v) is 5.11. The zero-order chi connectivity index (χ0) is 10.8. The second-order valence-electron chi connectivity index (χ2n) is 3.56. The molecule has 1 aliphatic heterocycles. The maximum Gasteiger partial charge on any atom is 0.274 e. The summed E-state index contributed by atoms with van der Waals surface area (Å²) in [5.41, 5.74) is 4.46. The first-order valence-electron chi connectivity index (χ1n) is 4.71. The Morgan fingerprint density at radius 3 is 3.00 bits per heavy atom. The fourth-order valence-electron chi connectivity index (χ4n) is 1.74. The molecule has 0 radical (unpaired) electrons. The minimum atomic E-state index is -0.467. The average Bonchev–Trinajstić information content (AvgIpc) is 2.27. The van der Waals surface area contributed by atoms with E-state index in [0.717, 1.165) is 25.1 Å². The summed E-state index contributed by atoms with van der Waals surface area (Å²) >= 11 is 4.28. The molecular formula is C10H12N2O2S. The molecule has 2 rings (SSSR count). The highest BCUT2D eigenvalue weighted by Gasteiger charge is 2.15. The van der Waals surface area contributed by atoms with Gasteiger partial charge in [-0.2, -0.15) is 0 Å². The molecule has 0 spiro atoms. The Balaban J connectivity index is 2.30. The summed E-state index contributed by atoms with van der Waals surface area (Å²) in [4.78, 5) is 11.2. The van der Waals surface area contributed by atoms with Crippen LogP contribution in [0, 0.1) is 0 Å². The fraction of sp³-hybridized carbons (Fsp3) is 0.300. The number of rotatable bonds is 1. The molecule has 15 heavy (non-hydrogen) atoms. The Morgan fingerprint density at radius 1 is 1.47 bits per heavy atom. The smallest absolute Gasteiger partial charge is 0.274 e. The Labute approximate surface area is 93.4 Å². The molecule has 1 aromatic rings. The van der Waals surface area contributed by atoms with Gasteiger partial charge in [-0.1, -0.05) is 18.9 Å². The van der Waals surface area contributed by atoms with Gasteiger partial charge in [0, 0.05) is 18.7 Å². The SMILES string of the molecule is O=C(NO)c1ccc2c(c1)CCN(S)C2. The monoisotopic (exact) mass is 224 g/mol. The van der Waals surface area contributed by atoms with Crippen molar-refractivity contribution in [1.29, 1.82) is 0 Å². The van der Waals surface area contributed by atoms with Gasteiger partial charge in [0.25, 0.3) is 5.91 Å². The molecule has 0 saturated carbocycles. The number of nitrogens with one attached hydrogen (secondary N) is 1. The molecule has 0 aromatic heterocycles. The molecule has 2 N–H and O–H groups in total. The lowest BCUT2D eigenvalue weighted by Gasteiger charge is -2.23. The summed E-state index contributed by atoms with van der Waals surface area (Å²) < 4.78 is 1.94. The third-order valence-electron chi connectivity index (χ3n) is 2.56. The van der Waals surface area contributed by atoms with Gasteiger partial charge < -0.3 is 0 Å². The van der Waals surface area contributed by atoms with Crippen LogP contribution in [0.3, 0.4) is 0 Å². The zero-order valence-electron chi connectivity index (χ0n) is 8.10. The standard InChI is InChI=1S/C10H12N2O2S/c13-10(11-14)8-1-2-9-6-12(15)4-3-7(9)5-8/h1-2,5,14-15H,3-4,6H2,(H,11,13). The third kappa shape index (κ3) is 2.14. The number of benzene rings is 1. The summed E-state index contributed by atoms with van der Waals surface area (Å²) in [5, 5.41) is 8.51. The maximum absolute atomic E-state index is 11.2. The van der Waals surface area contributed by atoms with Gasteiger partial charge in [0.15, 0.2) is 0 Å². The van der Waals surface area contributed by atoms with E-state index in [1.54, 1.807) is 11.5 Å². The van der Waals surface area contributed by atoms with Crippen molar-refractivity contribution in [2.24, 2.45) is 0 Å². The highest BCUT2D eigenvalue weighted by atomic mass is 32.1. The molecule has 1 amide bonds. The Hall–Kier alpha value is -1.04. The molecule has 0 fully saturated rings. The van der Waals surface area contributed by atoms with Crippen molar-refractivity contribution in [3.8, 4) is 0 Å². The van der Waals surface area contributed by atoms with Crippen LogP contribution in [0.25, 0.3) is 0 Å². The normalized spacial score (nSPS) is 15.9. The molecule has 1 aliphatic rings. The number of hydrogen-bond donors (Lipinski definition) is 3. The Bertz CT molecular complexity index is 395. The molecule has 0 unspecified atom stereocenters. The lowest BCUT2D eigenvalue weighted by Crippen LogP contribution is -2.24. The highest BCUT2D eigenvalue weighted by molar-refractivity contribution is 7.77. The van der Waals surface area contributed by atoms with E-state index in [1.165, 1.54) is 5.56 Å². The molecule has 1 aromatic carbocycles. The van der Waals surface area contributed by atoms with Crippen molar-refractivity contribution in [2.45, 2.75) is 13.0 Å².